The Hall–Kier alpha value is -1.82. The molecule has 1 unspecified atom stereocenters. The van der Waals surface area contributed by atoms with Crippen LogP contribution < -0.4 is 16.2 Å². The third-order valence-electron chi connectivity index (χ3n) is 3.68. The van der Waals surface area contributed by atoms with E-state index >= 15 is 0 Å². The maximum Gasteiger partial charge on any atom is 0.273 e. The topological polar surface area (TPSA) is 84.4 Å². The first kappa shape index (κ1) is 13.6. The molecule has 1 heterocycles. The Morgan fingerprint density at radius 1 is 1.47 bits per heavy atom. The molecule has 0 aromatic heterocycles. The van der Waals surface area contributed by atoms with Crippen LogP contribution in [0.15, 0.2) is 18.2 Å². The van der Waals surface area contributed by atoms with E-state index in [2.05, 4.69) is 24.2 Å². The molecular weight excluding hydrogens is 244 g/mol. The van der Waals surface area contributed by atoms with E-state index in [-0.39, 0.29) is 10.6 Å². The molecule has 19 heavy (non-hydrogen) atoms. The molecule has 0 aliphatic carbocycles. The molecule has 1 atom stereocenters. The molecule has 1 aliphatic heterocycles. The molecule has 1 aliphatic rings. The maximum absolute atomic E-state index is 11.0. The zero-order valence-electron chi connectivity index (χ0n) is 11.3. The van der Waals surface area contributed by atoms with Gasteiger partial charge in [0.1, 0.15) is 0 Å². The minimum atomic E-state index is -0.384. The number of hydrogen-bond donors (Lipinski definition) is 2. The Bertz CT molecular complexity index is 476. The fourth-order valence-corrected chi connectivity index (χ4v) is 2.76. The van der Waals surface area contributed by atoms with Crippen LogP contribution in [-0.4, -0.2) is 17.5 Å². The van der Waals surface area contributed by atoms with E-state index in [9.17, 15) is 10.1 Å². The van der Waals surface area contributed by atoms with Crippen LogP contribution in [0.25, 0.3) is 0 Å². The molecule has 0 radical (unpaired) electrons. The van der Waals surface area contributed by atoms with E-state index in [4.69, 9.17) is 5.84 Å². The lowest BCUT2D eigenvalue weighted by molar-refractivity contribution is -0.384. The van der Waals surface area contributed by atoms with Gasteiger partial charge in [0.2, 0.25) is 0 Å². The second kappa shape index (κ2) is 5.44. The summed E-state index contributed by atoms with van der Waals surface area (Å²) in [5, 5.41) is 11.0. The molecule has 6 nitrogen and oxygen atoms in total. The lowest BCUT2D eigenvalue weighted by Crippen LogP contribution is -2.33. The number of nitro benzene ring substituents is 1. The molecule has 1 fully saturated rings. The highest BCUT2D eigenvalue weighted by atomic mass is 16.6. The third kappa shape index (κ3) is 2.78. The number of nitrogens with two attached hydrogens (primary N) is 1. The van der Waals surface area contributed by atoms with Gasteiger partial charge in [0, 0.05) is 30.4 Å². The van der Waals surface area contributed by atoms with Crippen molar-refractivity contribution in [1.29, 1.82) is 0 Å². The number of benzene rings is 1. The number of hydrogen-bond acceptors (Lipinski definition) is 5. The zero-order valence-corrected chi connectivity index (χ0v) is 11.3. The largest absolute Gasteiger partial charge is 0.368 e. The SMILES string of the molecule is CC(C)C1CCCN1c1cc(NN)cc([N+](=O)[O-])c1. The predicted molar refractivity (Wildman–Crippen MR) is 76.1 cm³/mol. The molecular formula is C13H20N4O2. The van der Waals surface area contributed by atoms with E-state index < -0.39 is 0 Å². The molecule has 1 aromatic rings. The van der Waals surface area contributed by atoms with Crippen LogP contribution in [0.2, 0.25) is 0 Å². The number of nitrogens with zero attached hydrogens (tertiary/aromatic N) is 2. The number of nitrogen functional groups attached to an aromatic ring is 1. The Morgan fingerprint density at radius 3 is 2.79 bits per heavy atom. The van der Waals surface area contributed by atoms with E-state index in [0.717, 1.165) is 25.1 Å². The van der Waals surface area contributed by atoms with Crippen molar-refractivity contribution in [2.24, 2.45) is 11.8 Å². The van der Waals surface area contributed by atoms with E-state index in [1.54, 1.807) is 6.07 Å². The fraction of sp³-hybridized carbons (Fsp3) is 0.538. The second-order valence-corrected chi connectivity index (χ2v) is 5.29. The highest BCUT2D eigenvalue weighted by Crippen LogP contribution is 2.33. The van der Waals surface area contributed by atoms with Gasteiger partial charge in [-0.05, 0) is 24.8 Å². The van der Waals surface area contributed by atoms with Gasteiger partial charge in [0.05, 0.1) is 10.6 Å². The molecule has 104 valence electrons. The first-order valence-corrected chi connectivity index (χ1v) is 6.55. The normalized spacial score (nSPS) is 18.9. The molecule has 0 bridgehead atoms. The lowest BCUT2D eigenvalue weighted by Gasteiger charge is -2.29. The summed E-state index contributed by atoms with van der Waals surface area (Å²) in [6.07, 6.45) is 2.25. The van der Waals surface area contributed by atoms with Gasteiger partial charge < -0.3 is 10.3 Å². The zero-order chi connectivity index (χ0) is 14.0. The number of hydrazine groups is 1. The van der Waals surface area contributed by atoms with Gasteiger partial charge in [-0.1, -0.05) is 13.8 Å². The van der Waals surface area contributed by atoms with Crippen molar-refractivity contribution in [3.63, 3.8) is 0 Å². The van der Waals surface area contributed by atoms with Gasteiger partial charge in [-0.25, -0.2) is 0 Å². The summed E-state index contributed by atoms with van der Waals surface area (Å²) in [5.74, 6) is 5.91. The van der Waals surface area contributed by atoms with E-state index in [1.165, 1.54) is 6.07 Å². The Balaban J connectivity index is 2.38. The minimum Gasteiger partial charge on any atom is -0.368 e. The van der Waals surface area contributed by atoms with Gasteiger partial charge in [0.25, 0.3) is 5.69 Å². The maximum atomic E-state index is 11.0. The lowest BCUT2D eigenvalue weighted by atomic mass is 10.0. The van der Waals surface area contributed by atoms with Crippen LogP contribution in [0.3, 0.4) is 0 Å². The summed E-state index contributed by atoms with van der Waals surface area (Å²) >= 11 is 0. The average Bonchev–Trinajstić information content (AvgIpc) is 2.87. The summed E-state index contributed by atoms with van der Waals surface area (Å²) in [6.45, 7) is 5.30. The van der Waals surface area contributed by atoms with Crippen LogP contribution in [0, 0.1) is 16.0 Å². The summed E-state index contributed by atoms with van der Waals surface area (Å²) in [6, 6.07) is 5.38. The smallest absolute Gasteiger partial charge is 0.273 e. The summed E-state index contributed by atoms with van der Waals surface area (Å²) in [5.41, 5.74) is 4.01. The number of anilines is 2. The van der Waals surface area contributed by atoms with Crippen LogP contribution in [-0.2, 0) is 0 Å². The number of rotatable bonds is 4. The highest BCUT2D eigenvalue weighted by Gasteiger charge is 2.28. The van der Waals surface area contributed by atoms with E-state index in [0.29, 0.717) is 17.6 Å². The monoisotopic (exact) mass is 264 g/mol. The second-order valence-electron chi connectivity index (χ2n) is 5.29. The first-order chi connectivity index (χ1) is 9.02. The quantitative estimate of drug-likeness (QED) is 0.496. The van der Waals surface area contributed by atoms with Gasteiger partial charge in [0.15, 0.2) is 0 Å². The average molecular weight is 264 g/mol. The van der Waals surface area contributed by atoms with Gasteiger partial charge in [-0.3, -0.25) is 16.0 Å². The van der Waals surface area contributed by atoms with Crippen LogP contribution in [0.5, 0.6) is 0 Å². The molecule has 3 N–H and O–H groups in total. The molecule has 0 spiro atoms. The van der Waals surface area contributed by atoms with E-state index in [1.807, 2.05) is 6.07 Å². The Kier molecular flexibility index (Phi) is 3.90. The van der Waals surface area contributed by atoms with Gasteiger partial charge in [-0.15, -0.1) is 0 Å². The number of non-ortho nitro benzene ring substituents is 1. The minimum absolute atomic E-state index is 0.0693. The van der Waals surface area contributed by atoms with Crippen molar-refractivity contribution in [2.75, 3.05) is 16.9 Å². The number of nitro groups is 1. The third-order valence-corrected chi connectivity index (χ3v) is 3.68. The molecule has 2 rings (SSSR count). The van der Waals surface area contributed by atoms with Crippen LogP contribution >= 0.6 is 0 Å². The molecule has 1 aromatic carbocycles. The molecule has 0 saturated carbocycles. The Labute approximate surface area is 112 Å². The number of nitrogens with one attached hydrogen (secondary N) is 1. The van der Waals surface area contributed by atoms with Crippen molar-refractivity contribution in [3.05, 3.63) is 28.3 Å². The van der Waals surface area contributed by atoms with Crippen molar-refractivity contribution in [2.45, 2.75) is 32.7 Å². The summed E-state index contributed by atoms with van der Waals surface area (Å²) < 4.78 is 0. The first-order valence-electron chi connectivity index (χ1n) is 6.55. The van der Waals surface area contributed by atoms with Crippen molar-refractivity contribution in [3.8, 4) is 0 Å². The van der Waals surface area contributed by atoms with Crippen molar-refractivity contribution < 1.29 is 4.92 Å². The summed E-state index contributed by atoms with van der Waals surface area (Å²) in [4.78, 5) is 12.8. The predicted octanol–water partition coefficient (Wildman–Crippen LogP) is 2.51. The molecule has 0 amide bonds. The summed E-state index contributed by atoms with van der Waals surface area (Å²) in [7, 11) is 0. The highest BCUT2D eigenvalue weighted by molar-refractivity contribution is 5.64. The van der Waals surface area contributed by atoms with Crippen LogP contribution in [0.4, 0.5) is 17.1 Å². The van der Waals surface area contributed by atoms with Crippen LogP contribution in [0.1, 0.15) is 26.7 Å². The standard InChI is InChI=1S/C13H20N4O2/c1-9(2)13-4-3-5-16(13)11-6-10(15-14)7-12(8-11)17(18)19/h6-9,13,15H,3-5,14H2,1-2H3. The Morgan fingerprint density at radius 2 is 2.21 bits per heavy atom. The fourth-order valence-electron chi connectivity index (χ4n) is 2.76. The van der Waals surface area contributed by atoms with Gasteiger partial charge >= 0.3 is 0 Å². The van der Waals surface area contributed by atoms with Crippen molar-refractivity contribution in [1.82, 2.24) is 0 Å². The van der Waals surface area contributed by atoms with Gasteiger partial charge in [-0.2, -0.15) is 0 Å². The molecule has 1 saturated heterocycles. The van der Waals surface area contributed by atoms with Crippen molar-refractivity contribution >= 4 is 17.1 Å². The molecule has 6 heteroatoms.